The average molecular weight is 268 g/mol. The molecular weight excluding hydrogens is 246 g/mol. The molecule has 2 unspecified atom stereocenters. The number of methoxy groups -OCH3 is 1. The van der Waals surface area contributed by atoms with E-state index in [0.29, 0.717) is 16.9 Å². The van der Waals surface area contributed by atoms with E-state index < -0.39 is 0 Å². The number of hydrogen-bond donors (Lipinski definition) is 1. The monoisotopic (exact) mass is 267 g/mol. The van der Waals surface area contributed by atoms with Crippen LogP contribution in [0.4, 0.5) is 0 Å². The molecule has 0 bridgehead atoms. The minimum absolute atomic E-state index is 0.559. The Balaban J connectivity index is 2.26. The summed E-state index contributed by atoms with van der Waals surface area (Å²) in [4.78, 5) is 0. The summed E-state index contributed by atoms with van der Waals surface area (Å²) in [5, 5.41) is 0.680. The lowest BCUT2D eigenvalue weighted by Crippen LogP contribution is -2.21. The number of halogens is 1. The lowest BCUT2D eigenvalue weighted by atomic mass is 9.82. The van der Waals surface area contributed by atoms with Crippen LogP contribution in [0.5, 0.6) is 5.75 Å². The predicted molar refractivity (Wildman–Crippen MR) is 76.4 cm³/mol. The van der Waals surface area contributed by atoms with Crippen molar-refractivity contribution in [3.8, 4) is 5.75 Å². The first kappa shape index (κ1) is 13.7. The topological polar surface area (TPSA) is 35.2 Å². The summed E-state index contributed by atoms with van der Waals surface area (Å²) in [7, 11) is 1.67. The van der Waals surface area contributed by atoms with Crippen molar-refractivity contribution in [2.75, 3.05) is 13.7 Å². The molecule has 1 fully saturated rings. The molecule has 0 aliphatic heterocycles. The van der Waals surface area contributed by atoms with Crippen molar-refractivity contribution in [2.45, 2.75) is 38.0 Å². The van der Waals surface area contributed by atoms with Gasteiger partial charge < -0.3 is 10.5 Å². The highest BCUT2D eigenvalue weighted by Gasteiger charge is 2.24. The maximum Gasteiger partial charge on any atom is 0.137 e. The van der Waals surface area contributed by atoms with Crippen molar-refractivity contribution in [3.63, 3.8) is 0 Å². The Kier molecular flexibility index (Phi) is 4.90. The average Bonchev–Trinajstić information content (AvgIpc) is 2.64. The second kappa shape index (κ2) is 6.44. The van der Waals surface area contributed by atoms with Gasteiger partial charge in [0.25, 0.3) is 0 Å². The van der Waals surface area contributed by atoms with Crippen LogP contribution in [0.3, 0.4) is 0 Å². The first-order chi connectivity index (χ1) is 8.76. The minimum Gasteiger partial charge on any atom is -0.495 e. The molecule has 1 saturated carbocycles. The van der Waals surface area contributed by atoms with Gasteiger partial charge in [-0.3, -0.25) is 0 Å². The molecule has 2 atom stereocenters. The van der Waals surface area contributed by atoms with Gasteiger partial charge in [-0.25, -0.2) is 0 Å². The van der Waals surface area contributed by atoms with Crippen LogP contribution in [0.15, 0.2) is 18.2 Å². The molecule has 1 aliphatic rings. The maximum atomic E-state index is 6.09. The fraction of sp³-hybridized carbons (Fsp3) is 0.600. The van der Waals surface area contributed by atoms with E-state index in [2.05, 4.69) is 12.1 Å². The van der Waals surface area contributed by atoms with E-state index >= 15 is 0 Å². The van der Waals surface area contributed by atoms with E-state index in [1.165, 1.54) is 37.7 Å². The van der Waals surface area contributed by atoms with Gasteiger partial charge >= 0.3 is 0 Å². The summed E-state index contributed by atoms with van der Waals surface area (Å²) in [6.45, 7) is 0.773. The smallest absolute Gasteiger partial charge is 0.137 e. The quantitative estimate of drug-likeness (QED) is 0.841. The van der Waals surface area contributed by atoms with Gasteiger partial charge in [0.1, 0.15) is 5.75 Å². The molecule has 0 heterocycles. The van der Waals surface area contributed by atoms with Crippen molar-refractivity contribution < 1.29 is 4.74 Å². The van der Waals surface area contributed by atoms with Crippen molar-refractivity contribution in [1.82, 2.24) is 0 Å². The van der Waals surface area contributed by atoms with E-state index in [0.717, 1.165) is 12.3 Å². The summed E-state index contributed by atoms with van der Waals surface area (Å²) < 4.78 is 5.31. The van der Waals surface area contributed by atoms with Crippen LogP contribution in [-0.2, 0) is 0 Å². The van der Waals surface area contributed by atoms with E-state index in [-0.39, 0.29) is 0 Å². The molecular formula is C15H22ClNO. The van der Waals surface area contributed by atoms with E-state index in [1.807, 2.05) is 6.07 Å². The number of hydrogen-bond acceptors (Lipinski definition) is 2. The molecule has 1 aliphatic carbocycles. The Morgan fingerprint density at radius 3 is 2.78 bits per heavy atom. The van der Waals surface area contributed by atoms with Crippen LogP contribution in [0.25, 0.3) is 0 Å². The van der Waals surface area contributed by atoms with E-state index in [9.17, 15) is 0 Å². The first-order valence-electron chi connectivity index (χ1n) is 6.79. The van der Waals surface area contributed by atoms with Crippen LogP contribution < -0.4 is 10.5 Å². The fourth-order valence-corrected chi connectivity index (χ4v) is 3.21. The lowest BCUT2D eigenvalue weighted by Gasteiger charge is -2.24. The summed E-state index contributed by atoms with van der Waals surface area (Å²) in [6.07, 6.45) is 6.41. The number of nitrogens with two attached hydrogens (primary N) is 1. The van der Waals surface area contributed by atoms with Gasteiger partial charge in [0, 0.05) is 0 Å². The highest BCUT2D eigenvalue weighted by Crippen LogP contribution is 2.38. The Morgan fingerprint density at radius 2 is 2.06 bits per heavy atom. The van der Waals surface area contributed by atoms with Gasteiger partial charge in [-0.15, -0.1) is 0 Å². The number of rotatable bonds is 3. The molecule has 18 heavy (non-hydrogen) atoms. The van der Waals surface area contributed by atoms with Crippen LogP contribution in [0.1, 0.15) is 43.6 Å². The molecule has 2 N–H and O–H groups in total. The van der Waals surface area contributed by atoms with Gasteiger partial charge in [-0.1, -0.05) is 36.9 Å². The van der Waals surface area contributed by atoms with Gasteiger partial charge in [-0.05, 0) is 48.9 Å². The minimum atomic E-state index is 0.559. The van der Waals surface area contributed by atoms with Crippen molar-refractivity contribution in [1.29, 1.82) is 0 Å². The van der Waals surface area contributed by atoms with E-state index in [1.54, 1.807) is 7.11 Å². The summed E-state index contributed by atoms with van der Waals surface area (Å²) in [5.74, 6) is 1.93. The summed E-state index contributed by atoms with van der Waals surface area (Å²) in [6, 6.07) is 6.15. The molecule has 2 rings (SSSR count). The van der Waals surface area contributed by atoms with Gasteiger partial charge in [0.2, 0.25) is 0 Å². The number of ether oxygens (including phenoxy) is 1. The van der Waals surface area contributed by atoms with Crippen molar-refractivity contribution >= 4 is 11.6 Å². The normalized spacial score (nSPS) is 24.6. The Morgan fingerprint density at radius 1 is 1.28 bits per heavy atom. The Hall–Kier alpha value is -0.730. The molecule has 1 aromatic carbocycles. The third kappa shape index (κ3) is 2.99. The van der Waals surface area contributed by atoms with Crippen LogP contribution in [0.2, 0.25) is 5.02 Å². The molecule has 0 amide bonds. The third-order valence-corrected chi connectivity index (χ3v) is 4.38. The zero-order valence-corrected chi connectivity index (χ0v) is 11.7. The second-order valence-electron chi connectivity index (χ2n) is 5.13. The van der Waals surface area contributed by atoms with Gasteiger partial charge in [-0.2, -0.15) is 0 Å². The van der Waals surface area contributed by atoms with Gasteiger partial charge in [0.15, 0.2) is 0 Å². The van der Waals surface area contributed by atoms with Crippen LogP contribution >= 0.6 is 11.6 Å². The van der Waals surface area contributed by atoms with Crippen molar-refractivity contribution in [2.24, 2.45) is 11.7 Å². The zero-order valence-electron chi connectivity index (χ0n) is 11.0. The molecule has 3 heteroatoms. The maximum absolute atomic E-state index is 6.09. The molecule has 0 saturated heterocycles. The molecule has 100 valence electrons. The Bertz CT molecular complexity index is 394. The lowest BCUT2D eigenvalue weighted by molar-refractivity contribution is 0.398. The fourth-order valence-electron chi connectivity index (χ4n) is 3.01. The van der Waals surface area contributed by atoms with Crippen molar-refractivity contribution in [3.05, 3.63) is 28.8 Å². The molecule has 0 aromatic heterocycles. The largest absolute Gasteiger partial charge is 0.495 e. The van der Waals surface area contributed by atoms with Gasteiger partial charge in [0.05, 0.1) is 12.1 Å². The van der Waals surface area contributed by atoms with E-state index in [4.69, 9.17) is 22.1 Å². The molecule has 0 spiro atoms. The highest BCUT2D eigenvalue weighted by atomic mass is 35.5. The number of benzene rings is 1. The first-order valence-corrected chi connectivity index (χ1v) is 7.17. The zero-order chi connectivity index (χ0) is 13.0. The molecule has 1 aromatic rings. The Labute approximate surface area is 114 Å². The highest BCUT2D eigenvalue weighted by molar-refractivity contribution is 6.32. The standard InChI is InChI=1S/C15H22ClNO/c1-18-15-9-11(7-8-14(15)16)13-6-4-2-3-5-12(13)10-17/h7-9,12-13H,2-6,10,17H2,1H3. The van der Waals surface area contributed by atoms with Crippen LogP contribution in [-0.4, -0.2) is 13.7 Å². The summed E-state index contributed by atoms with van der Waals surface area (Å²) >= 11 is 6.09. The van der Waals surface area contributed by atoms with Crippen LogP contribution in [0, 0.1) is 5.92 Å². The SMILES string of the molecule is COc1cc(C2CCCCCC2CN)ccc1Cl. The second-order valence-corrected chi connectivity index (χ2v) is 5.54. The molecule has 2 nitrogen and oxygen atoms in total. The predicted octanol–water partition coefficient (Wildman–Crippen LogP) is 3.97. The third-order valence-electron chi connectivity index (χ3n) is 4.07. The molecule has 0 radical (unpaired) electrons. The summed E-state index contributed by atoms with van der Waals surface area (Å²) in [5.41, 5.74) is 7.27.